The van der Waals surface area contributed by atoms with Crippen LogP contribution in [-0.4, -0.2) is 59.8 Å². The molecule has 0 saturated carbocycles. The van der Waals surface area contributed by atoms with Crippen molar-refractivity contribution in [3.8, 4) is 0 Å². The lowest BCUT2D eigenvalue weighted by atomic mass is 10.0. The quantitative estimate of drug-likeness (QED) is 0.847. The van der Waals surface area contributed by atoms with Crippen molar-refractivity contribution in [2.75, 3.05) is 26.2 Å². The van der Waals surface area contributed by atoms with Gasteiger partial charge in [0.1, 0.15) is 5.60 Å². The van der Waals surface area contributed by atoms with Crippen LogP contribution in [0.25, 0.3) is 0 Å². The molecule has 0 bridgehead atoms. The summed E-state index contributed by atoms with van der Waals surface area (Å²) in [7, 11) is 0. The average molecular weight is 299 g/mol. The zero-order chi connectivity index (χ0) is 16.0. The van der Waals surface area contributed by atoms with Crippen LogP contribution in [0, 0.1) is 0 Å². The Labute approximate surface area is 129 Å². The number of carbonyl (C=O) groups excluding carboxylic acids is 1. The molecule has 1 amide bonds. The number of hydrogen-bond donors (Lipinski definition) is 1. The lowest BCUT2D eigenvalue weighted by Gasteiger charge is -2.40. The second kappa shape index (κ2) is 7.99. The number of carbonyl (C=O) groups is 1. The maximum absolute atomic E-state index is 12.4. The Bertz CT molecular complexity index is 324. The molecule has 0 unspecified atom stereocenters. The fourth-order valence-electron chi connectivity index (χ4n) is 2.77. The summed E-state index contributed by atoms with van der Waals surface area (Å²) in [4.78, 5) is 16.7. The Hall–Kier alpha value is -0.810. The van der Waals surface area contributed by atoms with E-state index in [2.05, 4.69) is 4.90 Å². The van der Waals surface area contributed by atoms with Gasteiger partial charge in [-0.2, -0.15) is 0 Å². The number of rotatable bonds is 5. The summed E-state index contributed by atoms with van der Waals surface area (Å²) >= 11 is 0. The summed E-state index contributed by atoms with van der Waals surface area (Å²) in [6.45, 7) is 13.2. The minimum Gasteiger partial charge on any atom is -0.444 e. The van der Waals surface area contributed by atoms with Crippen molar-refractivity contribution >= 4 is 6.09 Å². The van der Waals surface area contributed by atoms with Crippen molar-refractivity contribution in [3.05, 3.63) is 0 Å². The summed E-state index contributed by atoms with van der Waals surface area (Å²) in [5.74, 6) is 0. The van der Waals surface area contributed by atoms with Crippen LogP contribution in [-0.2, 0) is 4.74 Å². The third-order valence-corrected chi connectivity index (χ3v) is 3.82. The monoisotopic (exact) mass is 299 g/mol. The molecule has 21 heavy (non-hydrogen) atoms. The average Bonchev–Trinajstić information content (AvgIpc) is 2.35. The standard InChI is InChI=1S/C16H33N3O2/c1-13(2)19(15(20)21-16(3,4)5)12-14-8-6-7-10-18(14)11-9-17/h13-14H,6-12,17H2,1-5H3/t14-/m1/s1. The molecule has 0 aromatic heterocycles. The molecule has 1 aliphatic rings. The Kier molecular flexibility index (Phi) is 6.94. The molecular formula is C16H33N3O2. The van der Waals surface area contributed by atoms with Gasteiger partial charge in [-0.1, -0.05) is 6.42 Å². The highest BCUT2D eigenvalue weighted by Gasteiger charge is 2.29. The maximum atomic E-state index is 12.4. The Morgan fingerprint density at radius 1 is 1.38 bits per heavy atom. The van der Waals surface area contributed by atoms with Crippen LogP contribution in [0.1, 0.15) is 53.9 Å². The first-order valence-electron chi connectivity index (χ1n) is 8.18. The zero-order valence-corrected chi connectivity index (χ0v) is 14.4. The number of hydrogen-bond acceptors (Lipinski definition) is 4. The first kappa shape index (κ1) is 18.2. The molecule has 1 fully saturated rings. The van der Waals surface area contributed by atoms with Crippen LogP contribution in [0.2, 0.25) is 0 Å². The summed E-state index contributed by atoms with van der Waals surface area (Å²) in [6.07, 6.45) is 3.37. The highest BCUT2D eigenvalue weighted by molar-refractivity contribution is 5.68. The van der Waals surface area contributed by atoms with Gasteiger partial charge in [0.25, 0.3) is 0 Å². The smallest absolute Gasteiger partial charge is 0.410 e. The normalized spacial score (nSPS) is 20.6. The number of piperidine rings is 1. The van der Waals surface area contributed by atoms with Gasteiger partial charge in [0.05, 0.1) is 0 Å². The molecule has 0 aliphatic carbocycles. The van der Waals surface area contributed by atoms with E-state index >= 15 is 0 Å². The topological polar surface area (TPSA) is 58.8 Å². The van der Waals surface area contributed by atoms with Gasteiger partial charge in [0.15, 0.2) is 0 Å². The number of nitrogens with zero attached hydrogens (tertiary/aromatic N) is 2. The Morgan fingerprint density at radius 3 is 2.57 bits per heavy atom. The van der Waals surface area contributed by atoms with Gasteiger partial charge in [0.2, 0.25) is 0 Å². The lowest BCUT2D eigenvalue weighted by Crippen LogP contribution is -2.52. The minimum atomic E-state index is -0.451. The van der Waals surface area contributed by atoms with E-state index in [9.17, 15) is 4.79 Å². The Balaban J connectivity index is 2.70. The molecule has 124 valence electrons. The van der Waals surface area contributed by atoms with Crippen molar-refractivity contribution < 1.29 is 9.53 Å². The third kappa shape index (κ3) is 6.22. The molecule has 1 rings (SSSR count). The van der Waals surface area contributed by atoms with E-state index < -0.39 is 5.60 Å². The van der Waals surface area contributed by atoms with Crippen molar-refractivity contribution in [2.45, 2.75) is 71.6 Å². The highest BCUT2D eigenvalue weighted by atomic mass is 16.6. The number of nitrogens with two attached hydrogens (primary N) is 1. The van der Waals surface area contributed by atoms with Crippen LogP contribution in [0.5, 0.6) is 0 Å². The number of ether oxygens (including phenoxy) is 1. The molecule has 0 aromatic carbocycles. The van der Waals surface area contributed by atoms with Crippen molar-refractivity contribution in [1.29, 1.82) is 0 Å². The van der Waals surface area contributed by atoms with E-state index in [4.69, 9.17) is 10.5 Å². The second-order valence-electron chi connectivity index (χ2n) is 7.20. The van der Waals surface area contributed by atoms with Crippen molar-refractivity contribution in [1.82, 2.24) is 9.80 Å². The van der Waals surface area contributed by atoms with Gasteiger partial charge < -0.3 is 15.4 Å². The molecule has 5 nitrogen and oxygen atoms in total. The van der Waals surface area contributed by atoms with Crippen molar-refractivity contribution in [3.63, 3.8) is 0 Å². The fourth-order valence-corrected chi connectivity index (χ4v) is 2.77. The van der Waals surface area contributed by atoms with Crippen LogP contribution < -0.4 is 5.73 Å². The molecular weight excluding hydrogens is 266 g/mol. The van der Waals surface area contributed by atoms with E-state index in [1.54, 1.807) is 0 Å². The van der Waals surface area contributed by atoms with Crippen LogP contribution in [0.4, 0.5) is 4.79 Å². The summed E-state index contributed by atoms with van der Waals surface area (Å²) in [6, 6.07) is 0.540. The van der Waals surface area contributed by atoms with Gasteiger partial charge in [0, 0.05) is 31.7 Å². The predicted octanol–water partition coefficient (Wildman–Crippen LogP) is 2.45. The third-order valence-electron chi connectivity index (χ3n) is 3.82. The second-order valence-corrected chi connectivity index (χ2v) is 7.20. The van der Waals surface area contributed by atoms with Crippen molar-refractivity contribution in [2.24, 2.45) is 5.73 Å². The minimum absolute atomic E-state index is 0.140. The Morgan fingerprint density at radius 2 is 2.05 bits per heavy atom. The summed E-state index contributed by atoms with van der Waals surface area (Å²) in [5.41, 5.74) is 5.26. The lowest BCUT2D eigenvalue weighted by molar-refractivity contribution is 0.00921. The van der Waals surface area contributed by atoms with Crippen LogP contribution >= 0.6 is 0 Å². The summed E-state index contributed by atoms with van der Waals surface area (Å²) in [5, 5.41) is 0. The molecule has 1 aliphatic heterocycles. The van der Waals surface area contributed by atoms with E-state index in [-0.39, 0.29) is 12.1 Å². The van der Waals surface area contributed by atoms with E-state index in [1.165, 1.54) is 12.8 Å². The SMILES string of the molecule is CC(C)N(C[C@H]1CCCCN1CCN)C(=O)OC(C)(C)C. The van der Waals surface area contributed by atoms with Crippen LogP contribution in [0.15, 0.2) is 0 Å². The molecule has 0 radical (unpaired) electrons. The summed E-state index contributed by atoms with van der Waals surface area (Å²) < 4.78 is 5.54. The largest absolute Gasteiger partial charge is 0.444 e. The predicted molar refractivity (Wildman–Crippen MR) is 86.3 cm³/mol. The molecule has 2 N–H and O–H groups in total. The van der Waals surface area contributed by atoms with Gasteiger partial charge in [-0.15, -0.1) is 0 Å². The zero-order valence-electron chi connectivity index (χ0n) is 14.4. The molecule has 1 atom stereocenters. The maximum Gasteiger partial charge on any atom is 0.410 e. The van der Waals surface area contributed by atoms with Gasteiger partial charge >= 0.3 is 6.09 Å². The van der Waals surface area contributed by atoms with Crippen LogP contribution in [0.3, 0.4) is 0 Å². The highest BCUT2D eigenvalue weighted by Crippen LogP contribution is 2.20. The first-order chi connectivity index (χ1) is 9.74. The van der Waals surface area contributed by atoms with E-state index in [1.807, 2.05) is 39.5 Å². The van der Waals surface area contributed by atoms with E-state index in [0.29, 0.717) is 12.6 Å². The van der Waals surface area contributed by atoms with Gasteiger partial charge in [-0.3, -0.25) is 4.90 Å². The molecule has 0 spiro atoms. The molecule has 1 heterocycles. The first-order valence-corrected chi connectivity index (χ1v) is 8.18. The molecule has 1 saturated heterocycles. The van der Waals surface area contributed by atoms with E-state index in [0.717, 1.165) is 26.1 Å². The fraction of sp³-hybridized carbons (Fsp3) is 0.938. The molecule has 5 heteroatoms. The van der Waals surface area contributed by atoms with Gasteiger partial charge in [-0.25, -0.2) is 4.79 Å². The number of amides is 1. The van der Waals surface area contributed by atoms with Gasteiger partial charge in [-0.05, 0) is 54.0 Å². The molecule has 0 aromatic rings. The number of likely N-dealkylation sites (tertiary alicyclic amines) is 1.